The molecular formula is C30H38ClN3O2. The highest BCUT2D eigenvalue weighted by Crippen LogP contribution is 2.53. The molecule has 4 atom stereocenters. The second-order valence-electron chi connectivity index (χ2n) is 12.1. The average Bonchev–Trinajstić information content (AvgIpc) is 3.29. The van der Waals surface area contributed by atoms with E-state index in [1.807, 2.05) is 36.4 Å². The lowest BCUT2D eigenvalue weighted by Crippen LogP contribution is -2.51. The Hall–Kier alpha value is -2.37. The molecule has 2 fully saturated rings. The second-order valence-corrected chi connectivity index (χ2v) is 12.6. The summed E-state index contributed by atoms with van der Waals surface area (Å²) in [5.41, 5.74) is 1.95. The molecular weight excluding hydrogens is 470 g/mol. The molecule has 2 amide bonds. The number of hydrogen-bond acceptors (Lipinski definition) is 3. The standard InChI is InChI=1S/C30H38ClN3O2/c1-29(2,3)18-25-30(22-15-14-20(31)17-24(22)33-28(30)36)23(16-19-10-6-4-7-11-19)26(34-25)27(35)32-21-12-8-5-9-13-21/h4,6-7,10-11,14-15,17,21,23,25-26,34H,5,8-9,12-13,16,18H2,1-3H3,(H,32,35)(H,33,36). The molecule has 0 radical (unpaired) electrons. The zero-order valence-corrected chi connectivity index (χ0v) is 22.3. The van der Waals surface area contributed by atoms with Crippen LogP contribution in [0.2, 0.25) is 5.02 Å². The van der Waals surface area contributed by atoms with E-state index < -0.39 is 11.5 Å². The van der Waals surface area contributed by atoms with Gasteiger partial charge in [-0.2, -0.15) is 0 Å². The Kier molecular flexibility index (Phi) is 6.90. The maximum absolute atomic E-state index is 14.1. The first-order valence-corrected chi connectivity index (χ1v) is 13.8. The van der Waals surface area contributed by atoms with Crippen LogP contribution in [0.4, 0.5) is 5.69 Å². The SMILES string of the molecule is CC(C)(C)CC1NC(C(=O)NC2CCCCC2)C(Cc2ccccc2)C12C(=O)Nc1cc(Cl)ccc12. The smallest absolute Gasteiger partial charge is 0.237 e. The van der Waals surface area contributed by atoms with Gasteiger partial charge in [0.2, 0.25) is 11.8 Å². The number of hydrogen-bond donors (Lipinski definition) is 3. The lowest BCUT2D eigenvalue weighted by Gasteiger charge is -2.37. The normalized spacial score (nSPS) is 28.2. The molecule has 2 aromatic carbocycles. The number of carbonyl (C=O) groups excluding carboxylic acids is 2. The summed E-state index contributed by atoms with van der Waals surface area (Å²) in [6.45, 7) is 6.58. The molecule has 2 heterocycles. The van der Waals surface area contributed by atoms with Crippen molar-refractivity contribution in [3.63, 3.8) is 0 Å². The van der Waals surface area contributed by atoms with E-state index in [4.69, 9.17) is 11.6 Å². The first-order valence-electron chi connectivity index (χ1n) is 13.4. The van der Waals surface area contributed by atoms with Crippen LogP contribution in [0, 0.1) is 11.3 Å². The molecule has 0 bridgehead atoms. The molecule has 0 aromatic heterocycles. The summed E-state index contributed by atoms with van der Waals surface area (Å²) in [7, 11) is 0. The Morgan fingerprint density at radius 3 is 2.50 bits per heavy atom. The van der Waals surface area contributed by atoms with Gasteiger partial charge in [0.25, 0.3) is 0 Å². The molecule has 5 rings (SSSR count). The van der Waals surface area contributed by atoms with Gasteiger partial charge in [-0.05, 0) is 54.4 Å². The monoisotopic (exact) mass is 507 g/mol. The highest BCUT2D eigenvalue weighted by Gasteiger charge is 2.65. The number of amides is 2. The summed E-state index contributed by atoms with van der Waals surface area (Å²) < 4.78 is 0. The van der Waals surface area contributed by atoms with Crippen molar-refractivity contribution in [2.24, 2.45) is 11.3 Å². The molecule has 1 spiro atoms. The molecule has 1 aliphatic carbocycles. The van der Waals surface area contributed by atoms with Crippen LogP contribution in [-0.4, -0.2) is 29.9 Å². The number of benzene rings is 2. The fourth-order valence-corrected chi connectivity index (χ4v) is 6.98. The summed E-state index contributed by atoms with van der Waals surface area (Å²) in [4.78, 5) is 28.0. The van der Waals surface area contributed by atoms with Gasteiger partial charge < -0.3 is 16.0 Å². The maximum atomic E-state index is 14.1. The highest BCUT2D eigenvalue weighted by molar-refractivity contribution is 6.31. The molecule has 36 heavy (non-hydrogen) atoms. The van der Waals surface area contributed by atoms with Crippen molar-refractivity contribution in [3.05, 3.63) is 64.7 Å². The van der Waals surface area contributed by atoms with Crippen LogP contribution in [0.25, 0.3) is 0 Å². The fourth-order valence-electron chi connectivity index (χ4n) is 6.80. The third-order valence-corrected chi connectivity index (χ3v) is 8.55. The quantitative estimate of drug-likeness (QED) is 0.492. The number of anilines is 1. The molecule has 2 aliphatic heterocycles. The Labute approximate surface area is 219 Å². The van der Waals surface area contributed by atoms with Gasteiger partial charge in [-0.15, -0.1) is 0 Å². The lowest BCUT2D eigenvalue weighted by molar-refractivity contribution is -0.125. The van der Waals surface area contributed by atoms with Crippen molar-refractivity contribution in [1.82, 2.24) is 10.6 Å². The van der Waals surface area contributed by atoms with E-state index in [-0.39, 0.29) is 35.2 Å². The topological polar surface area (TPSA) is 70.2 Å². The fraction of sp³-hybridized carbons (Fsp3) is 0.533. The van der Waals surface area contributed by atoms with Crippen LogP contribution in [0.15, 0.2) is 48.5 Å². The van der Waals surface area contributed by atoms with Crippen molar-refractivity contribution < 1.29 is 9.59 Å². The van der Waals surface area contributed by atoms with Gasteiger partial charge in [0, 0.05) is 28.7 Å². The van der Waals surface area contributed by atoms with Crippen LogP contribution < -0.4 is 16.0 Å². The molecule has 4 unspecified atom stereocenters. The number of carbonyl (C=O) groups is 2. The Morgan fingerprint density at radius 1 is 1.08 bits per heavy atom. The summed E-state index contributed by atoms with van der Waals surface area (Å²) in [6, 6.07) is 15.5. The first-order chi connectivity index (χ1) is 17.2. The van der Waals surface area contributed by atoms with E-state index in [0.29, 0.717) is 11.4 Å². The van der Waals surface area contributed by atoms with E-state index in [2.05, 4.69) is 48.9 Å². The van der Waals surface area contributed by atoms with Gasteiger partial charge >= 0.3 is 0 Å². The zero-order chi connectivity index (χ0) is 25.5. The summed E-state index contributed by atoms with van der Waals surface area (Å²) >= 11 is 6.33. The minimum Gasteiger partial charge on any atom is -0.352 e. The van der Waals surface area contributed by atoms with E-state index >= 15 is 0 Å². The van der Waals surface area contributed by atoms with E-state index in [1.54, 1.807) is 0 Å². The Bertz CT molecular complexity index is 1120. The van der Waals surface area contributed by atoms with Crippen LogP contribution in [-0.2, 0) is 21.4 Å². The van der Waals surface area contributed by atoms with Gasteiger partial charge in [0.05, 0.1) is 11.5 Å². The number of nitrogens with one attached hydrogen (secondary N) is 3. The highest BCUT2D eigenvalue weighted by atomic mass is 35.5. The Balaban J connectivity index is 1.60. The number of fused-ring (bicyclic) bond motifs is 2. The number of rotatable bonds is 5. The molecule has 6 heteroatoms. The van der Waals surface area contributed by atoms with Crippen molar-refractivity contribution >= 4 is 29.1 Å². The minimum absolute atomic E-state index is 0.0221. The Morgan fingerprint density at radius 2 is 1.81 bits per heavy atom. The summed E-state index contributed by atoms with van der Waals surface area (Å²) in [5.74, 6) is -0.248. The van der Waals surface area contributed by atoms with Crippen molar-refractivity contribution in [1.29, 1.82) is 0 Å². The molecule has 2 aromatic rings. The van der Waals surface area contributed by atoms with Crippen LogP contribution in [0.1, 0.15) is 70.4 Å². The molecule has 192 valence electrons. The third-order valence-electron chi connectivity index (χ3n) is 8.32. The van der Waals surface area contributed by atoms with Gasteiger partial charge in [0.1, 0.15) is 0 Å². The predicted molar refractivity (Wildman–Crippen MR) is 145 cm³/mol. The summed E-state index contributed by atoms with van der Waals surface area (Å²) in [5, 5.41) is 10.8. The van der Waals surface area contributed by atoms with E-state index in [1.165, 1.54) is 6.42 Å². The van der Waals surface area contributed by atoms with Crippen LogP contribution in [0.3, 0.4) is 0 Å². The zero-order valence-electron chi connectivity index (χ0n) is 21.6. The van der Waals surface area contributed by atoms with Gasteiger partial charge in [0.15, 0.2) is 0 Å². The van der Waals surface area contributed by atoms with Crippen molar-refractivity contribution in [2.45, 2.75) is 89.3 Å². The molecule has 3 N–H and O–H groups in total. The largest absolute Gasteiger partial charge is 0.352 e. The van der Waals surface area contributed by atoms with Gasteiger partial charge in [-0.25, -0.2) is 0 Å². The molecule has 1 saturated carbocycles. The van der Waals surface area contributed by atoms with Crippen molar-refractivity contribution in [3.8, 4) is 0 Å². The van der Waals surface area contributed by atoms with Gasteiger partial charge in [-0.1, -0.05) is 88.0 Å². The van der Waals surface area contributed by atoms with E-state index in [0.717, 1.165) is 48.9 Å². The second kappa shape index (κ2) is 9.83. The predicted octanol–water partition coefficient (Wildman–Crippen LogP) is 5.61. The van der Waals surface area contributed by atoms with E-state index in [9.17, 15) is 9.59 Å². The minimum atomic E-state index is -0.863. The molecule has 3 aliphatic rings. The van der Waals surface area contributed by atoms with Crippen LogP contribution in [0.5, 0.6) is 0 Å². The first kappa shape index (κ1) is 25.3. The lowest BCUT2D eigenvalue weighted by atomic mass is 9.63. The van der Waals surface area contributed by atoms with Crippen LogP contribution >= 0.6 is 11.6 Å². The third kappa shape index (κ3) is 4.68. The van der Waals surface area contributed by atoms with Gasteiger partial charge in [-0.3, -0.25) is 9.59 Å². The average molecular weight is 508 g/mol. The molecule has 1 saturated heterocycles. The maximum Gasteiger partial charge on any atom is 0.237 e. The van der Waals surface area contributed by atoms with Crippen molar-refractivity contribution in [2.75, 3.05) is 5.32 Å². The summed E-state index contributed by atoms with van der Waals surface area (Å²) in [6.07, 6.45) is 7.00. The number of halogens is 1. The molecule has 5 nitrogen and oxygen atoms in total.